The summed E-state index contributed by atoms with van der Waals surface area (Å²) in [5, 5.41) is 2.29. The maximum absolute atomic E-state index is 12.9. The van der Waals surface area contributed by atoms with Crippen molar-refractivity contribution < 1.29 is 27.2 Å². The van der Waals surface area contributed by atoms with Crippen molar-refractivity contribution in [1.82, 2.24) is 4.90 Å². The molecule has 1 aromatic heterocycles. The summed E-state index contributed by atoms with van der Waals surface area (Å²) < 4.78 is 43.9. The standard InChI is InChI=1S/C20H14ClF3N2O4/c1-26(18(28)13-8-11-4-2-3-5-16(11)30-19(13)29)10-17(27)25-12-6-7-15(21)14(9-12)20(22,23)24/h2-9H,10H2,1H3,(H,25,27). The van der Waals surface area contributed by atoms with Crippen LogP contribution in [0, 0.1) is 0 Å². The fourth-order valence-electron chi connectivity index (χ4n) is 2.72. The van der Waals surface area contributed by atoms with Crippen LogP contribution in [0.15, 0.2) is 57.7 Å². The third kappa shape index (κ3) is 4.62. The lowest BCUT2D eigenvalue weighted by molar-refractivity contribution is -0.137. The van der Waals surface area contributed by atoms with Gasteiger partial charge in [-0.05, 0) is 30.3 Å². The van der Waals surface area contributed by atoms with Crippen molar-refractivity contribution in [2.45, 2.75) is 6.18 Å². The highest BCUT2D eigenvalue weighted by molar-refractivity contribution is 6.31. The molecule has 0 fully saturated rings. The molecule has 0 unspecified atom stereocenters. The van der Waals surface area contributed by atoms with E-state index in [0.717, 1.165) is 11.0 Å². The summed E-state index contributed by atoms with van der Waals surface area (Å²) in [6, 6.07) is 10.9. The van der Waals surface area contributed by atoms with Crippen molar-refractivity contribution in [3.63, 3.8) is 0 Å². The third-order valence-corrected chi connectivity index (χ3v) is 4.48. The summed E-state index contributed by atoms with van der Waals surface area (Å²) in [7, 11) is 1.28. The number of fused-ring (bicyclic) bond motifs is 1. The molecule has 3 aromatic rings. The Morgan fingerprint density at radius 2 is 1.83 bits per heavy atom. The van der Waals surface area contributed by atoms with Crippen LogP contribution in [0.3, 0.4) is 0 Å². The second kappa shape index (κ2) is 8.19. The molecule has 1 N–H and O–H groups in total. The molecule has 156 valence electrons. The minimum atomic E-state index is -4.69. The number of nitrogens with one attached hydrogen (secondary N) is 1. The highest BCUT2D eigenvalue weighted by Crippen LogP contribution is 2.36. The van der Waals surface area contributed by atoms with Gasteiger partial charge in [-0.2, -0.15) is 13.2 Å². The topological polar surface area (TPSA) is 79.6 Å². The van der Waals surface area contributed by atoms with Crippen LogP contribution in [0.4, 0.5) is 18.9 Å². The normalized spacial score (nSPS) is 11.4. The Balaban J connectivity index is 1.74. The smallest absolute Gasteiger partial charge is 0.417 e. The maximum Gasteiger partial charge on any atom is 0.417 e. The fraction of sp³-hybridized carbons (Fsp3) is 0.150. The predicted octanol–water partition coefficient (Wildman–Crippen LogP) is 4.18. The number of hydrogen-bond acceptors (Lipinski definition) is 4. The molecular formula is C20H14ClF3N2O4. The van der Waals surface area contributed by atoms with Gasteiger partial charge >= 0.3 is 11.8 Å². The molecular weight excluding hydrogens is 425 g/mol. The third-order valence-electron chi connectivity index (χ3n) is 4.15. The number of carbonyl (C=O) groups excluding carboxylic acids is 2. The van der Waals surface area contributed by atoms with Crippen LogP contribution < -0.4 is 10.9 Å². The largest absolute Gasteiger partial charge is 0.422 e. The Morgan fingerprint density at radius 3 is 2.53 bits per heavy atom. The summed E-state index contributed by atoms with van der Waals surface area (Å²) in [4.78, 5) is 37.8. The van der Waals surface area contributed by atoms with Crippen molar-refractivity contribution in [1.29, 1.82) is 0 Å². The number of alkyl halides is 3. The van der Waals surface area contributed by atoms with Crippen molar-refractivity contribution >= 4 is 40.1 Å². The van der Waals surface area contributed by atoms with Crippen molar-refractivity contribution in [3.8, 4) is 0 Å². The monoisotopic (exact) mass is 438 g/mol. The number of likely N-dealkylation sites (N-methyl/N-ethyl adjacent to an activating group) is 1. The van der Waals surface area contributed by atoms with Crippen LogP contribution >= 0.6 is 11.6 Å². The first-order valence-corrected chi connectivity index (χ1v) is 8.89. The lowest BCUT2D eigenvalue weighted by Gasteiger charge is -2.17. The molecule has 2 amide bonds. The van der Waals surface area contributed by atoms with E-state index in [2.05, 4.69) is 5.32 Å². The van der Waals surface area contributed by atoms with E-state index in [1.165, 1.54) is 19.2 Å². The second-order valence-corrected chi connectivity index (χ2v) is 6.79. The molecule has 2 aromatic carbocycles. The van der Waals surface area contributed by atoms with E-state index in [0.29, 0.717) is 17.0 Å². The Labute approximate surface area is 172 Å². The Bertz CT molecular complexity index is 1190. The number of anilines is 1. The average Bonchev–Trinajstić information content (AvgIpc) is 2.67. The zero-order valence-electron chi connectivity index (χ0n) is 15.4. The predicted molar refractivity (Wildman–Crippen MR) is 105 cm³/mol. The van der Waals surface area contributed by atoms with E-state index in [-0.39, 0.29) is 11.3 Å². The highest BCUT2D eigenvalue weighted by Gasteiger charge is 2.33. The van der Waals surface area contributed by atoms with Gasteiger partial charge in [0.25, 0.3) is 5.91 Å². The molecule has 0 aliphatic carbocycles. The van der Waals surface area contributed by atoms with Gasteiger partial charge in [-0.15, -0.1) is 0 Å². The number of carbonyl (C=O) groups is 2. The van der Waals surface area contributed by atoms with Crippen LogP contribution in [-0.2, 0) is 11.0 Å². The van der Waals surface area contributed by atoms with E-state index in [1.807, 2.05) is 0 Å². The molecule has 30 heavy (non-hydrogen) atoms. The lowest BCUT2D eigenvalue weighted by Crippen LogP contribution is -2.37. The zero-order valence-corrected chi connectivity index (χ0v) is 16.2. The summed E-state index contributed by atoms with van der Waals surface area (Å²) in [6.07, 6.45) is -4.69. The molecule has 1 heterocycles. The number of amides is 2. The first-order valence-electron chi connectivity index (χ1n) is 8.51. The first-order chi connectivity index (χ1) is 14.1. The Morgan fingerprint density at radius 1 is 1.13 bits per heavy atom. The minimum Gasteiger partial charge on any atom is -0.422 e. The molecule has 0 spiro atoms. The van der Waals surface area contributed by atoms with Gasteiger partial charge in [0.2, 0.25) is 5.91 Å². The van der Waals surface area contributed by atoms with Crippen LogP contribution in [-0.4, -0.2) is 30.3 Å². The molecule has 0 saturated heterocycles. The number of benzene rings is 2. The molecule has 6 nitrogen and oxygen atoms in total. The van der Waals surface area contributed by atoms with Gasteiger partial charge in [0, 0.05) is 18.1 Å². The lowest BCUT2D eigenvalue weighted by atomic mass is 10.1. The van der Waals surface area contributed by atoms with Gasteiger partial charge in [0.1, 0.15) is 11.1 Å². The van der Waals surface area contributed by atoms with E-state index >= 15 is 0 Å². The second-order valence-electron chi connectivity index (χ2n) is 6.39. The number of hydrogen-bond donors (Lipinski definition) is 1. The Kier molecular flexibility index (Phi) is 5.84. The summed E-state index contributed by atoms with van der Waals surface area (Å²) in [5.41, 5.74) is -2.06. The molecule has 10 heteroatoms. The molecule has 3 rings (SSSR count). The molecule has 0 saturated carbocycles. The maximum atomic E-state index is 12.9. The van der Waals surface area contributed by atoms with Gasteiger partial charge < -0.3 is 14.6 Å². The van der Waals surface area contributed by atoms with E-state index in [9.17, 15) is 27.6 Å². The Hall–Kier alpha value is -3.33. The van der Waals surface area contributed by atoms with Gasteiger partial charge in [-0.3, -0.25) is 9.59 Å². The van der Waals surface area contributed by atoms with Crippen LogP contribution in [0.5, 0.6) is 0 Å². The van der Waals surface area contributed by atoms with E-state index < -0.39 is 40.7 Å². The summed E-state index contributed by atoms with van der Waals surface area (Å²) in [6.45, 7) is -0.505. The van der Waals surface area contributed by atoms with Crippen molar-refractivity contribution in [2.75, 3.05) is 18.9 Å². The summed E-state index contributed by atoms with van der Waals surface area (Å²) >= 11 is 5.54. The van der Waals surface area contributed by atoms with Crippen LogP contribution in [0.2, 0.25) is 5.02 Å². The minimum absolute atomic E-state index is 0.136. The van der Waals surface area contributed by atoms with Crippen molar-refractivity contribution in [3.05, 3.63) is 75.1 Å². The van der Waals surface area contributed by atoms with Gasteiger partial charge in [0.15, 0.2) is 0 Å². The molecule has 0 radical (unpaired) electrons. The van der Waals surface area contributed by atoms with Gasteiger partial charge in [-0.1, -0.05) is 29.8 Å². The number of halogens is 4. The van der Waals surface area contributed by atoms with Crippen LogP contribution in [0.1, 0.15) is 15.9 Å². The SMILES string of the molecule is CN(CC(=O)Nc1ccc(Cl)c(C(F)(F)F)c1)C(=O)c1cc2ccccc2oc1=O. The fourth-order valence-corrected chi connectivity index (χ4v) is 2.95. The van der Waals surface area contributed by atoms with Gasteiger partial charge in [-0.25, -0.2) is 4.79 Å². The molecule has 0 aliphatic rings. The van der Waals surface area contributed by atoms with Crippen LogP contribution in [0.25, 0.3) is 11.0 Å². The quantitative estimate of drug-likeness (QED) is 0.620. The highest BCUT2D eigenvalue weighted by atomic mass is 35.5. The van der Waals surface area contributed by atoms with E-state index in [1.54, 1.807) is 24.3 Å². The van der Waals surface area contributed by atoms with Crippen molar-refractivity contribution in [2.24, 2.45) is 0 Å². The van der Waals surface area contributed by atoms with E-state index in [4.69, 9.17) is 16.0 Å². The summed E-state index contributed by atoms with van der Waals surface area (Å²) in [5.74, 6) is -1.52. The zero-order chi connectivity index (χ0) is 22.1. The number of rotatable bonds is 4. The number of para-hydroxylation sites is 1. The first kappa shape index (κ1) is 21.4. The molecule has 0 bridgehead atoms. The average molecular weight is 439 g/mol. The number of nitrogens with zero attached hydrogens (tertiary/aromatic N) is 1. The molecule has 0 atom stereocenters. The molecule has 0 aliphatic heterocycles. The van der Waals surface area contributed by atoms with Gasteiger partial charge in [0.05, 0.1) is 17.1 Å².